The highest BCUT2D eigenvalue weighted by Crippen LogP contribution is 2.39. The molecule has 13 heavy (non-hydrogen) atoms. The first-order valence-electron chi connectivity index (χ1n) is 4.19. The third-order valence-electron chi connectivity index (χ3n) is 2.20. The van der Waals surface area contributed by atoms with Gasteiger partial charge in [0.1, 0.15) is 0 Å². The summed E-state index contributed by atoms with van der Waals surface area (Å²) in [6, 6.07) is 3.13. The van der Waals surface area contributed by atoms with Crippen LogP contribution in [0.1, 0.15) is 18.0 Å². The first-order valence-corrected chi connectivity index (χ1v) is 4.19. The van der Waals surface area contributed by atoms with E-state index < -0.39 is 0 Å². The second-order valence-corrected chi connectivity index (χ2v) is 3.20. The predicted octanol–water partition coefficient (Wildman–Crippen LogP) is 0.757. The van der Waals surface area contributed by atoms with E-state index in [2.05, 4.69) is 0 Å². The number of hydrogen-bond acceptors (Lipinski definition) is 4. The first-order chi connectivity index (χ1) is 6.18. The van der Waals surface area contributed by atoms with Gasteiger partial charge in [-0.3, -0.25) is 0 Å². The van der Waals surface area contributed by atoms with Gasteiger partial charge in [0.15, 0.2) is 11.5 Å². The van der Waals surface area contributed by atoms with Crippen LogP contribution in [0, 0.1) is 0 Å². The summed E-state index contributed by atoms with van der Waals surface area (Å²) < 4.78 is 5.29. The Balaban J connectivity index is 2.56. The standard InChI is InChI=1S/C9H12N2O2/c10-5-3-6-7(11)1-2-13-9(6)8(12)4-5/h3-4,7,12H,1-2,10-11H2. The van der Waals surface area contributed by atoms with Gasteiger partial charge in [0.05, 0.1) is 6.61 Å². The predicted molar refractivity (Wildman–Crippen MR) is 49.6 cm³/mol. The van der Waals surface area contributed by atoms with Crippen molar-refractivity contribution >= 4 is 5.69 Å². The molecule has 0 spiro atoms. The van der Waals surface area contributed by atoms with Gasteiger partial charge in [-0.25, -0.2) is 0 Å². The molecule has 0 saturated heterocycles. The molecule has 70 valence electrons. The molecule has 0 radical (unpaired) electrons. The largest absolute Gasteiger partial charge is 0.504 e. The van der Waals surface area contributed by atoms with Crippen LogP contribution >= 0.6 is 0 Å². The Bertz CT molecular complexity index is 339. The Morgan fingerprint density at radius 3 is 3.00 bits per heavy atom. The first kappa shape index (κ1) is 8.19. The maximum atomic E-state index is 9.49. The van der Waals surface area contributed by atoms with Gasteiger partial charge in [-0.1, -0.05) is 0 Å². The van der Waals surface area contributed by atoms with Gasteiger partial charge in [-0.15, -0.1) is 0 Å². The second kappa shape index (κ2) is 2.81. The molecular weight excluding hydrogens is 168 g/mol. The van der Waals surface area contributed by atoms with E-state index >= 15 is 0 Å². The lowest BCUT2D eigenvalue weighted by atomic mass is 10.0. The molecule has 0 aliphatic carbocycles. The van der Waals surface area contributed by atoms with Crippen LogP contribution in [-0.4, -0.2) is 11.7 Å². The number of anilines is 1. The quantitative estimate of drug-likeness (QED) is 0.515. The highest BCUT2D eigenvalue weighted by atomic mass is 16.5. The molecule has 1 aliphatic rings. The van der Waals surface area contributed by atoms with Crippen molar-refractivity contribution in [3.8, 4) is 11.5 Å². The van der Waals surface area contributed by atoms with E-state index in [-0.39, 0.29) is 11.8 Å². The molecular formula is C9H12N2O2. The van der Waals surface area contributed by atoms with E-state index in [0.717, 1.165) is 12.0 Å². The minimum absolute atomic E-state index is 0.0742. The van der Waals surface area contributed by atoms with Crippen molar-refractivity contribution < 1.29 is 9.84 Å². The maximum absolute atomic E-state index is 9.49. The Morgan fingerprint density at radius 1 is 1.46 bits per heavy atom. The number of aromatic hydroxyl groups is 1. The monoisotopic (exact) mass is 180 g/mol. The van der Waals surface area contributed by atoms with Crippen LogP contribution in [0.3, 0.4) is 0 Å². The molecule has 2 rings (SSSR count). The Hall–Kier alpha value is -1.42. The zero-order chi connectivity index (χ0) is 9.42. The van der Waals surface area contributed by atoms with Crippen molar-refractivity contribution in [3.05, 3.63) is 17.7 Å². The maximum Gasteiger partial charge on any atom is 0.165 e. The van der Waals surface area contributed by atoms with E-state index in [0.29, 0.717) is 18.0 Å². The fraction of sp³-hybridized carbons (Fsp3) is 0.333. The van der Waals surface area contributed by atoms with Crippen LogP contribution in [-0.2, 0) is 0 Å². The summed E-state index contributed by atoms with van der Waals surface area (Å²) in [6.07, 6.45) is 0.760. The molecule has 0 bridgehead atoms. The van der Waals surface area contributed by atoms with Crippen molar-refractivity contribution in [1.82, 2.24) is 0 Å². The molecule has 1 aromatic rings. The van der Waals surface area contributed by atoms with E-state index in [4.69, 9.17) is 16.2 Å². The van der Waals surface area contributed by atoms with Gasteiger partial charge in [0, 0.05) is 29.8 Å². The van der Waals surface area contributed by atoms with Gasteiger partial charge in [-0.05, 0) is 6.07 Å². The van der Waals surface area contributed by atoms with Crippen LogP contribution < -0.4 is 16.2 Å². The molecule has 4 nitrogen and oxygen atoms in total. The summed E-state index contributed by atoms with van der Waals surface area (Å²) >= 11 is 0. The zero-order valence-corrected chi connectivity index (χ0v) is 7.16. The lowest BCUT2D eigenvalue weighted by molar-refractivity contribution is 0.256. The number of nitrogens with two attached hydrogens (primary N) is 2. The van der Waals surface area contributed by atoms with Crippen LogP contribution in [0.25, 0.3) is 0 Å². The fourth-order valence-corrected chi connectivity index (χ4v) is 1.53. The number of ether oxygens (including phenoxy) is 1. The van der Waals surface area contributed by atoms with Gasteiger partial charge < -0.3 is 21.3 Å². The van der Waals surface area contributed by atoms with Gasteiger partial charge in [0.2, 0.25) is 0 Å². The summed E-state index contributed by atoms with van der Waals surface area (Å²) in [7, 11) is 0. The Labute approximate surface area is 76.1 Å². The minimum atomic E-state index is -0.0850. The summed E-state index contributed by atoms with van der Waals surface area (Å²) in [6.45, 7) is 0.547. The highest BCUT2D eigenvalue weighted by Gasteiger charge is 2.21. The molecule has 4 heteroatoms. The van der Waals surface area contributed by atoms with Crippen molar-refractivity contribution in [3.63, 3.8) is 0 Å². The third-order valence-corrected chi connectivity index (χ3v) is 2.20. The molecule has 0 fully saturated rings. The van der Waals surface area contributed by atoms with E-state index in [9.17, 15) is 5.11 Å². The average Bonchev–Trinajstić information content (AvgIpc) is 2.07. The van der Waals surface area contributed by atoms with Crippen LogP contribution in [0.15, 0.2) is 12.1 Å². The number of rotatable bonds is 0. The van der Waals surface area contributed by atoms with Gasteiger partial charge in [-0.2, -0.15) is 0 Å². The minimum Gasteiger partial charge on any atom is -0.504 e. The Morgan fingerprint density at radius 2 is 2.23 bits per heavy atom. The number of fused-ring (bicyclic) bond motifs is 1. The van der Waals surface area contributed by atoms with E-state index in [1.165, 1.54) is 6.07 Å². The number of nitrogen functional groups attached to an aromatic ring is 1. The van der Waals surface area contributed by atoms with Crippen LogP contribution in [0.4, 0.5) is 5.69 Å². The smallest absolute Gasteiger partial charge is 0.165 e. The van der Waals surface area contributed by atoms with Crippen molar-refractivity contribution in [2.24, 2.45) is 5.73 Å². The van der Waals surface area contributed by atoms with Gasteiger partial charge >= 0.3 is 0 Å². The van der Waals surface area contributed by atoms with E-state index in [1.807, 2.05) is 0 Å². The summed E-state index contributed by atoms with van der Waals surface area (Å²) in [5, 5.41) is 9.49. The zero-order valence-electron chi connectivity index (χ0n) is 7.16. The van der Waals surface area contributed by atoms with Crippen LogP contribution in [0.5, 0.6) is 11.5 Å². The molecule has 0 amide bonds. The molecule has 1 heterocycles. The molecule has 0 saturated carbocycles. The number of phenolic OH excluding ortho intramolecular Hbond substituents is 1. The number of hydrogen-bond donors (Lipinski definition) is 3. The normalized spacial score (nSPS) is 20.5. The van der Waals surface area contributed by atoms with E-state index in [1.54, 1.807) is 6.07 Å². The number of phenols is 1. The summed E-state index contributed by atoms with van der Waals surface area (Å²) in [4.78, 5) is 0. The molecule has 1 unspecified atom stereocenters. The average molecular weight is 180 g/mol. The highest BCUT2D eigenvalue weighted by molar-refractivity contribution is 5.57. The van der Waals surface area contributed by atoms with Gasteiger partial charge in [0.25, 0.3) is 0 Å². The van der Waals surface area contributed by atoms with Crippen molar-refractivity contribution in [2.45, 2.75) is 12.5 Å². The van der Waals surface area contributed by atoms with Crippen molar-refractivity contribution in [1.29, 1.82) is 0 Å². The SMILES string of the molecule is Nc1cc(O)c2c(c1)C(N)CCO2. The second-order valence-electron chi connectivity index (χ2n) is 3.20. The summed E-state index contributed by atoms with van der Waals surface area (Å²) in [5.74, 6) is 0.554. The fourth-order valence-electron chi connectivity index (χ4n) is 1.53. The van der Waals surface area contributed by atoms with Crippen LogP contribution in [0.2, 0.25) is 0 Å². The molecule has 1 aromatic carbocycles. The lowest BCUT2D eigenvalue weighted by Gasteiger charge is -2.23. The third kappa shape index (κ3) is 1.29. The topological polar surface area (TPSA) is 81.5 Å². The molecule has 1 aliphatic heterocycles. The molecule has 5 N–H and O–H groups in total. The summed E-state index contributed by atoms with van der Waals surface area (Å²) in [5.41, 5.74) is 12.7. The Kier molecular flexibility index (Phi) is 1.77. The molecule has 1 atom stereocenters. The lowest BCUT2D eigenvalue weighted by Crippen LogP contribution is -2.20. The number of benzene rings is 1. The molecule has 0 aromatic heterocycles. The van der Waals surface area contributed by atoms with Crippen molar-refractivity contribution in [2.75, 3.05) is 12.3 Å².